The van der Waals surface area contributed by atoms with Crippen LogP contribution in [0, 0.1) is 0 Å². The third-order valence-corrected chi connectivity index (χ3v) is 3.39. The van der Waals surface area contributed by atoms with Crippen molar-refractivity contribution in [2.75, 3.05) is 6.54 Å². The van der Waals surface area contributed by atoms with Crippen LogP contribution in [0.2, 0.25) is 0 Å². The minimum Gasteiger partial charge on any atom is -0.345 e. The number of Topliss-reactive ketones (excluding diaryl/α,β-unsaturated/α-hetero) is 1. The summed E-state index contributed by atoms with van der Waals surface area (Å²) >= 11 is 0. The average Bonchev–Trinajstić information content (AvgIpc) is 2.47. The van der Waals surface area contributed by atoms with E-state index in [2.05, 4.69) is 5.32 Å². The van der Waals surface area contributed by atoms with Gasteiger partial charge in [-0.2, -0.15) is 0 Å². The molecular weight excluding hydrogens is 266 g/mol. The number of amides is 1. The molecule has 0 radical (unpaired) electrons. The quantitative estimate of drug-likeness (QED) is 0.585. The number of nitrogens with two attached hydrogens (primary N) is 2. The first-order valence-electron chi connectivity index (χ1n) is 7.35. The topological polar surface area (TPSA) is 98.2 Å². The molecule has 2 atom stereocenters. The number of rotatable bonds is 9. The van der Waals surface area contributed by atoms with E-state index in [0.29, 0.717) is 19.4 Å². The van der Waals surface area contributed by atoms with Gasteiger partial charge in [0.05, 0.1) is 12.1 Å². The Kier molecular flexibility index (Phi) is 7.64. The highest BCUT2D eigenvalue weighted by molar-refractivity contribution is 5.89. The molecule has 1 amide bonds. The Bertz CT molecular complexity index is 448. The number of ketones is 1. The molecule has 1 rings (SSSR count). The van der Waals surface area contributed by atoms with Gasteiger partial charge < -0.3 is 16.8 Å². The van der Waals surface area contributed by atoms with Crippen LogP contribution in [-0.4, -0.2) is 30.3 Å². The first-order chi connectivity index (χ1) is 10.0. The third-order valence-electron chi connectivity index (χ3n) is 3.39. The van der Waals surface area contributed by atoms with Crippen molar-refractivity contribution in [3.05, 3.63) is 35.9 Å². The lowest BCUT2D eigenvalue weighted by molar-refractivity contribution is -0.127. The highest BCUT2D eigenvalue weighted by Crippen LogP contribution is 2.05. The monoisotopic (exact) mass is 291 g/mol. The molecule has 116 valence electrons. The lowest BCUT2D eigenvalue weighted by atomic mass is 10.0. The summed E-state index contributed by atoms with van der Waals surface area (Å²) in [5, 5.41) is 2.74. The van der Waals surface area contributed by atoms with Gasteiger partial charge in [-0.3, -0.25) is 9.59 Å². The van der Waals surface area contributed by atoms with Crippen LogP contribution >= 0.6 is 0 Å². The van der Waals surface area contributed by atoms with Gasteiger partial charge in [0.15, 0.2) is 5.78 Å². The minimum atomic E-state index is -0.649. The maximum atomic E-state index is 12.1. The predicted molar refractivity (Wildman–Crippen MR) is 83.6 cm³/mol. The molecule has 0 aliphatic rings. The first kappa shape index (κ1) is 17.3. The standard InChI is InChI=1S/C16H25N3O2/c1-12(20)15(9-5-6-10-17)19-16(21)14(18)11-13-7-3-2-4-8-13/h2-4,7-8,14-15H,5-6,9-11,17-18H2,1H3,(H,19,21)/t14-,15?/m1/s1. The Balaban J connectivity index is 2.50. The molecule has 0 saturated heterocycles. The summed E-state index contributed by atoms with van der Waals surface area (Å²) in [6.07, 6.45) is 2.72. The van der Waals surface area contributed by atoms with Gasteiger partial charge in [-0.05, 0) is 44.7 Å². The Labute approximate surface area is 126 Å². The number of hydrogen-bond acceptors (Lipinski definition) is 4. The van der Waals surface area contributed by atoms with Crippen LogP contribution in [0.5, 0.6) is 0 Å². The lowest BCUT2D eigenvalue weighted by Crippen LogP contribution is -2.48. The van der Waals surface area contributed by atoms with Crippen molar-refractivity contribution in [3.63, 3.8) is 0 Å². The van der Waals surface area contributed by atoms with E-state index < -0.39 is 12.1 Å². The molecule has 0 spiro atoms. The van der Waals surface area contributed by atoms with E-state index in [-0.39, 0.29) is 11.7 Å². The predicted octanol–water partition coefficient (Wildman–Crippen LogP) is 0.759. The van der Waals surface area contributed by atoms with E-state index in [0.717, 1.165) is 18.4 Å². The van der Waals surface area contributed by atoms with Crippen LogP contribution in [0.4, 0.5) is 0 Å². The molecule has 0 aliphatic heterocycles. The highest BCUT2D eigenvalue weighted by Gasteiger charge is 2.20. The fourth-order valence-corrected chi connectivity index (χ4v) is 2.11. The summed E-state index contributed by atoms with van der Waals surface area (Å²) in [5.74, 6) is -0.334. The van der Waals surface area contributed by atoms with Crippen molar-refractivity contribution in [2.45, 2.75) is 44.7 Å². The van der Waals surface area contributed by atoms with Gasteiger partial charge in [-0.25, -0.2) is 0 Å². The van der Waals surface area contributed by atoms with Crippen LogP contribution in [0.3, 0.4) is 0 Å². The van der Waals surface area contributed by atoms with Crippen molar-refractivity contribution < 1.29 is 9.59 Å². The van der Waals surface area contributed by atoms with Crippen molar-refractivity contribution >= 4 is 11.7 Å². The Hall–Kier alpha value is -1.72. The largest absolute Gasteiger partial charge is 0.345 e. The molecule has 5 N–H and O–H groups in total. The molecule has 0 aromatic heterocycles. The van der Waals surface area contributed by atoms with Crippen LogP contribution < -0.4 is 16.8 Å². The number of hydrogen-bond donors (Lipinski definition) is 3. The number of nitrogens with one attached hydrogen (secondary N) is 1. The molecule has 0 aliphatic carbocycles. The molecule has 1 aromatic carbocycles. The second-order valence-electron chi connectivity index (χ2n) is 5.25. The summed E-state index contributed by atoms with van der Waals surface area (Å²) in [7, 11) is 0. The molecule has 1 unspecified atom stereocenters. The normalized spacial score (nSPS) is 13.5. The van der Waals surface area contributed by atoms with E-state index in [1.807, 2.05) is 30.3 Å². The Morgan fingerprint density at radius 2 is 1.86 bits per heavy atom. The average molecular weight is 291 g/mol. The fraction of sp³-hybridized carbons (Fsp3) is 0.500. The van der Waals surface area contributed by atoms with E-state index in [1.165, 1.54) is 6.92 Å². The summed E-state index contributed by atoms with van der Waals surface area (Å²) in [4.78, 5) is 23.6. The van der Waals surface area contributed by atoms with Crippen LogP contribution in [0.15, 0.2) is 30.3 Å². The summed E-state index contributed by atoms with van der Waals surface area (Å²) < 4.78 is 0. The smallest absolute Gasteiger partial charge is 0.237 e. The van der Waals surface area contributed by atoms with Crippen molar-refractivity contribution in [1.82, 2.24) is 5.32 Å². The van der Waals surface area contributed by atoms with Crippen LogP contribution in [0.25, 0.3) is 0 Å². The maximum Gasteiger partial charge on any atom is 0.237 e. The van der Waals surface area contributed by atoms with Crippen molar-refractivity contribution in [2.24, 2.45) is 11.5 Å². The summed E-state index contributed by atoms with van der Waals surface area (Å²) in [6, 6.07) is 8.47. The zero-order chi connectivity index (χ0) is 15.7. The molecule has 0 saturated carbocycles. The van der Waals surface area contributed by atoms with Crippen molar-refractivity contribution in [3.8, 4) is 0 Å². The molecule has 0 bridgehead atoms. The minimum absolute atomic E-state index is 0.0488. The molecular formula is C16H25N3O2. The third kappa shape index (κ3) is 6.51. The molecule has 0 fully saturated rings. The summed E-state index contributed by atoms with van der Waals surface area (Å²) in [5.41, 5.74) is 12.3. The van der Waals surface area contributed by atoms with Gasteiger partial charge in [0.1, 0.15) is 0 Å². The highest BCUT2D eigenvalue weighted by atomic mass is 16.2. The van der Waals surface area contributed by atoms with Gasteiger partial charge in [0, 0.05) is 0 Å². The molecule has 5 heteroatoms. The zero-order valence-corrected chi connectivity index (χ0v) is 12.5. The van der Waals surface area contributed by atoms with Crippen molar-refractivity contribution in [1.29, 1.82) is 0 Å². The zero-order valence-electron chi connectivity index (χ0n) is 12.5. The molecule has 5 nitrogen and oxygen atoms in total. The molecule has 0 heterocycles. The maximum absolute atomic E-state index is 12.1. The Morgan fingerprint density at radius 1 is 1.19 bits per heavy atom. The number of carbonyl (C=O) groups is 2. The van der Waals surface area contributed by atoms with E-state index >= 15 is 0 Å². The molecule has 21 heavy (non-hydrogen) atoms. The van der Waals surface area contributed by atoms with E-state index in [9.17, 15) is 9.59 Å². The number of benzene rings is 1. The van der Waals surface area contributed by atoms with Gasteiger partial charge in [-0.1, -0.05) is 30.3 Å². The number of carbonyl (C=O) groups excluding carboxylic acids is 2. The second-order valence-corrected chi connectivity index (χ2v) is 5.25. The Morgan fingerprint density at radius 3 is 2.43 bits per heavy atom. The summed E-state index contributed by atoms with van der Waals surface area (Å²) in [6.45, 7) is 2.07. The van der Waals surface area contributed by atoms with Crippen LogP contribution in [0.1, 0.15) is 31.7 Å². The van der Waals surface area contributed by atoms with Crippen LogP contribution in [-0.2, 0) is 16.0 Å². The fourth-order valence-electron chi connectivity index (χ4n) is 2.11. The first-order valence-corrected chi connectivity index (χ1v) is 7.35. The van der Waals surface area contributed by atoms with E-state index in [1.54, 1.807) is 0 Å². The van der Waals surface area contributed by atoms with Gasteiger partial charge in [0.2, 0.25) is 5.91 Å². The second kappa shape index (κ2) is 9.26. The van der Waals surface area contributed by atoms with Gasteiger partial charge in [-0.15, -0.1) is 0 Å². The van der Waals surface area contributed by atoms with Gasteiger partial charge >= 0.3 is 0 Å². The SMILES string of the molecule is CC(=O)C(CCCCN)NC(=O)[C@H](N)Cc1ccccc1. The lowest BCUT2D eigenvalue weighted by Gasteiger charge is -2.19. The number of unbranched alkanes of at least 4 members (excludes halogenated alkanes) is 1. The van der Waals surface area contributed by atoms with E-state index in [4.69, 9.17) is 11.5 Å². The van der Waals surface area contributed by atoms with Gasteiger partial charge in [0.25, 0.3) is 0 Å². The molecule has 1 aromatic rings.